The van der Waals surface area contributed by atoms with Crippen molar-refractivity contribution in [2.24, 2.45) is 0 Å². The van der Waals surface area contributed by atoms with Gasteiger partial charge in [-0.1, -0.05) is 23.7 Å². The van der Waals surface area contributed by atoms with Crippen molar-refractivity contribution in [3.8, 4) is 5.69 Å². The van der Waals surface area contributed by atoms with Crippen LogP contribution in [-0.2, 0) is 4.74 Å². The van der Waals surface area contributed by atoms with Gasteiger partial charge in [0.05, 0.1) is 33.9 Å². The normalized spacial score (nSPS) is 14.8. The summed E-state index contributed by atoms with van der Waals surface area (Å²) in [5.74, 6) is -0.256. The number of nitrogens with zero attached hydrogens (tertiary/aromatic N) is 4. The number of amides is 2. The zero-order chi connectivity index (χ0) is 24.5. The maximum Gasteiger partial charge on any atom is 0.410 e. The molecule has 3 heterocycles. The van der Waals surface area contributed by atoms with Crippen LogP contribution >= 0.6 is 22.9 Å². The fourth-order valence-corrected chi connectivity index (χ4v) is 4.88. The summed E-state index contributed by atoms with van der Waals surface area (Å²) in [6.45, 7) is 8.50. The SMILES string of the molecule is Cc1csc(NC(=O)c2cnn(-c3ccccc3Cl)c2C2CCN(C(=O)OC(C)(C)C)CC2)n1. The molecule has 1 aliphatic heterocycles. The second-order valence-electron chi connectivity index (χ2n) is 9.30. The number of rotatable bonds is 4. The zero-order valence-corrected chi connectivity index (χ0v) is 21.2. The molecule has 0 spiro atoms. The average molecular weight is 502 g/mol. The Labute approximate surface area is 207 Å². The average Bonchev–Trinajstić information content (AvgIpc) is 3.39. The molecule has 1 saturated heterocycles. The molecule has 1 fully saturated rings. The van der Waals surface area contributed by atoms with Gasteiger partial charge in [-0.05, 0) is 52.7 Å². The quantitative estimate of drug-likeness (QED) is 0.498. The summed E-state index contributed by atoms with van der Waals surface area (Å²) in [6, 6.07) is 7.41. The van der Waals surface area contributed by atoms with Gasteiger partial charge >= 0.3 is 6.09 Å². The monoisotopic (exact) mass is 501 g/mol. The van der Waals surface area contributed by atoms with Gasteiger partial charge in [0, 0.05) is 24.4 Å². The van der Waals surface area contributed by atoms with Crippen molar-refractivity contribution in [3.05, 3.63) is 57.8 Å². The number of thiazole rings is 1. The number of para-hydroxylation sites is 1. The highest BCUT2D eigenvalue weighted by Crippen LogP contribution is 2.34. The molecule has 0 unspecified atom stereocenters. The van der Waals surface area contributed by atoms with E-state index in [-0.39, 0.29) is 17.9 Å². The molecule has 0 atom stereocenters. The van der Waals surface area contributed by atoms with Gasteiger partial charge in [-0.15, -0.1) is 11.3 Å². The molecule has 0 saturated carbocycles. The van der Waals surface area contributed by atoms with Gasteiger partial charge in [-0.3, -0.25) is 10.1 Å². The fraction of sp³-hybridized carbons (Fsp3) is 0.417. The van der Waals surface area contributed by atoms with Gasteiger partial charge in [0.25, 0.3) is 5.91 Å². The van der Waals surface area contributed by atoms with E-state index in [9.17, 15) is 9.59 Å². The lowest BCUT2D eigenvalue weighted by Crippen LogP contribution is -2.41. The lowest BCUT2D eigenvalue weighted by atomic mass is 9.91. The number of carbonyl (C=O) groups excluding carboxylic acids is 2. The minimum atomic E-state index is -0.546. The van der Waals surface area contributed by atoms with Crippen LogP contribution in [0.15, 0.2) is 35.8 Å². The Bertz CT molecular complexity index is 1190. The lowest BCUT2D eigenvalue weighted by Gasteiger charge is -2.34. The number of anilines is 1. The summed E-state index contributed by atoms with van der Waals surface area (Å²) in [6.07, 6.45) is 2.61. The van der Waals surface area contributed by atoms with Crippen molar-refractivity contribution in [1.29, 1.82) is 0 Å². The maximum absolute atomic E-state index is 13.2. The third-order valence-electron chi connectivity index (χ3n) is 5.50. The Balaban J connectivity index is 1.62. The van der Waals surface area contributed by atoms with E-state index in [2.05, 4.69) is 15.4 Å². The topological polar surface area (TPSA) is 89.4 Å². The van der Waals surface area contributed by atoms with Crippen molar-refractivity contribution >= 4 is 40.1 Å². The molecule has 180 valence electrons. The predicted octanol–water partition coefficient (Wildman–Crippen LogP) is 5.66. The molecule has 1 N–H and O–H groups in total. The molecule has 1 aromatic carbocycles. The summed E-state index contributed by atoms with van der Waals surface area (Å²) in [7, 11) is 0. The minimum Gasteiger partial charge on any atom is -0.444 e. The maximum atomic E-state index is 13.2. The molecule has 10 heteroatoms. The van der Waals surface area contributed by atoms with Gasteiger partial charge < -0.3 is 9.64 Å². The Morgan fingerprint density at radius 1 is 1.21 bits per heavy atom. The van der Waals surface area contributed by atoms with Crippen LogP contribution in [0.2, 0.25) is 5.02 Å². The van der Waals surface area contributed by atoms with E-state index in [1.165, 1.54) is 11.3 Å². The summed E-state index contributed by atoms with van der Waals surface area (Å²) in [5, 5.41) is 10.4. The molecule has 3 aromatic rings. The summed E-state index contributed by atoms with van der Waals surface area (Å²) < 4.78 is 7.27. The number of hydrogen-bond donors (Lipinski definition) is 1. The second kappa shape index (κ2) is 9.76. The summed E-state index contributed by atoms with van der Waals surface area (Å²) in [5.41, 5.74) is 2.27. The van der Waals surface area contributed by atoms with Crippen LogP contribution in [0.4, 0.5) is 9.93 Å². The van der Waals surface area contributed by atoms with Gasteiger partial charge in [0.1, 0.15) is 5.60 Å². The first-order chi connectivity index (χ1) is 16.1. The highest BCUT2D eigenvalue weighted by Gasteiger charge is 2.32. The van der Waals surface area contributed by atoms with Crippen LogP contribution in [0.1, 0.15) is 61.3 Å². The third-order valence-corrected chi connectivity index (χ3v) is 6.70. The number of halogens is 1. The third kappa shape index (κ3) is 5.42. The lowest BCUT2D eigenvalue weighted by molar-refractivity contribution is 0.0203. The van der Waals surface area contributed by atoms with Crippen molar-refractivity contribution in [3.63, 3.8) is 0 Å². The van der Waals surface area contributed by atoms with Crippen molar-refractivity contribution in [2.75, 3.05) is 18.4 Å². The van der Waals surface area contributed by atoms with E-state index in [1.807, 2.05) is 51.3 Å². The van der Waals surface area contributed by atoms with Crippen LogP contribution in [0, 0.1) is 6.92 Å². The van der Waals surface area contributed by atoms with Crippen LogP contribution in [0.25, 0.3) is 5.69 Å². The van der Waals surface area contributed by atoms with Gasteiger partial charge in [-0.2, -0.15) is 5.10 Å². The molecule has 4 rings (SSSR count). The van der Waals surface area contributed by atoms with E-state index >= 15 is 0 Å². The number of carbonyl (C=O) groups is 2. The van der Waals surface area contributed by atoms with E-state index in [0.717, 1.165) is 11.4 Å². The molecule has 1 aliphatic rings. The van der Waals surface area contributed by atoms with E-state index in [0.29, 0.717) is 47.3 Å². The molecule has 8 nitrogen and oxygen atoms in total. The largest absolute Gasteiger partial charge is 0.444 e. The molecule has 34 heavy (non-hydrogen) atoms. The molecule has 0 aliphatic carbocycles. The number of benzene rings is 1. The molecule has 0 radical (unpaired) electrons. The molecule has 0 bridgehead atoms. The second-order valence-corrected chi connectivity index (χ2v) is 10.6. The molecular formula is C24H28ClN5O3S. The van der Waals surface area contributed by atoms with Crippen molar-refractivity contribution in [2.45, 2.75) is 52.1 Å². The highest BCUT2D eigenvalue weighted by molar-refractivity contribution is 7.13. The summed E-state index contributed by atoms with van der Waals surface area (Å²) >= 11 is 7.86. The molecular weight excluding hydrogens is 474 g/mol. The number of piperidine rings is 1. The zero-order valence-electron chi connectivity index (χ0n) is 19.7. The first-order valence-electron chi connectivity index (χ1n) is 11.2. The van der Waals surface area contributed by atoms with Gasteiger partial charge in [0.2, 0.25) is 0 Å². The smallest absolute Gasteiger partial charge is 0.410 e. The van der Waals surface area contributed by atoms with E-state index in [4.69, 9.17) is 16.3 Å². The fourth-order valence-electron chi connectivity index (χ4n) is 3.98. The standard InChI is InChI=1S/C24H28ClN5O3S/c1-15-14-34-22(27-15)28-21(31)17-13-26-30(19-8-6-5-7-18(19)25)20(17)16-9-11-29(12-10-16)23(32)33-24(2,3)4/h5-8,13-14,16H,9-12H2,1-4H3,(H,27,28,31). The van der Waals surface area contributed by atoms with Crippen LogP contribution in [0.3, 0.4) is 0 Å². The number of nitrogens with one attached hydrogen (secondary N) is 1. The van der Waals surface area contributed by atoms with E-state index in [1.54, 1.807) is 21.8 Å². The minimum absolute atomic E-state index is 0.0104. The Kier molecular flexibility index (Phi) is 6.95. The first kappa shape index (κ1) is 24.2. The number of hydrogen-bond acceptors (Lipinski definition) is 6. The number of aryl methyl sites for hydroxylation is 1. The predicted molar refractivity (Wildman–Crippen MR) is 133 cm³/mol. The summed E-state index contributed by atoms with van der Waals surface area (Å²) in [4.78, 5) is 31.8. The molecule has 2 aromatic heterocycles. The van der Waals surface area contributed by atoms with Crippen molar-refractivity contribution in [1.82, 2.24) is 19.7 Å². The van der Waals surface area contributed by atoms with Crippen LogP contribution in [0.5, 0.6) is 0 Å². The Morgan fingerprint density at radius 2 is 1.91 bits per heavy atom. The van der Waals surface area contributed by atoms with Gasteiger partial charge in [-0.25, -0.2) is 14.5 Å². The first-order valence-corrected chi connectivity index (χ1v) is 12.4. The van der Waals surface area contributed by atoms with Crippen LogP contribution in [-0.4, -0.2) is 50.4 Å². The number of ether oxygens (including phenoxy) is 1. The Morgan fingerprint density at radius 3 is 2.53 bits per heavy atom. The molecule has 2 amide bonds. The van der Waals surface area contributed by atoms with Crippen molar-refractivity contribution < 1.29 is 14.3 Å². The number of likely N-dealkylation sites (tertiary alicyclic amines) is 1. The van der Waals surface area contributed by atoms with E-state index < -0.39 is 5.60 Å². The van der Waals surface area contributed by atoms with Gasteiger partial charge in [0.15, 0.2) is 5.13 Å². The highest BCUT2D eigenvalue weighted by atomic mass is 35.5. The van der Waals surface area contributed by atoms with Crippen LogP contribution < -0.4 is 5.32 Å². The Hall–Kier alpha value is -2.91. The number of aromatic nitrogens is 3.